The molecule has 2 N–H and O–H groups in total. The first-order valence-corrected chi connectivity index (χ1v) is 6.82. The Hall–Kier alpha value is -1.69. The van der Waals surface area contributed by atoms with Crippen LogP contribution in [-0.2, 0) is 6.42 Å². The van der Waals surface area contributed by atoms with Crippen LogP contribution in [0.2, 0.25) is 0 Å². The second-order valence-corrected chi connectivity index (χ2v) is 4.78. The monoisotopic (exact) mass is 263 g/mol. The summed E-state index contributed by atoms with van der Waals surface area (Å²) < 4.78 is 1.49. The number of nitrogens with zero attached hydrogens (tertiary/aromatic N) is 3. The van der Waals surface area contributed by atoms with E-state index in [1.54, 1.807) is 0 Å². The summed E-state index contributed by atoms with van der Waals surface area (Å²) in [6, 6.07) is 2.29. The lowest BCUT2D eigenvalue weighted by molar-refractivity contribution is 0.490. The van der Waals surface area contributed by atoms with Crippen molar-refractivity contribution >= 4 is 5.65 Å². The molecule has 0 aliphatic carbocycles. The zero-order chi connectivity index (χ0) is 13.8. The molecule has 0 aromatic carbocycles. The van der Waals surface area contributed by atoms with Gasteiger partial charge in [0.05, 0.1) is 0 Å². The van der Waals surface area contributed by atoms with Gasteiger partial charge in [0.1, 0.15) is 5.82 Å². The Bertz CT molecular complexity index is 601. The highest BCUT2D eigenvalue weighted by molar-refractivity contribution is 5.38. The molecular formula is C13H21N5O. The van der Waals surface area contributed by atoms with Crippen molar-refractivity contribution in [3.63, 3.8) is 0 Å². The van der Waals surface area contributed by atoms with Gasteiger partial charge in [0.25, 0.3) is 0 Å². The van der Waals surface area contributed by atoms with E-state index in [0.717, 1.165) is 31.5 Å². The third-order valence-corrected chi connectivity index (χ3v) is 3.25. The Balaban J connectivity index is 2.23. The van der Waals surface area contributed by atoms with Gasteiger partial charge in [-0.3, -0.25) is 0 Å². The Morgan fingerprint density at radius 3 is 2.95 bits per heavy atom. The van der Waals surface area contributed by atoms with E-state index < -0.39 is 0 Å². The van der Waals surface area contributed by atoms with Crippen LogP contribution < -0.4 is 11.0 Å². The van der Waals surface area contributed by atoms with Gasteiger partial charge in [0.2, 0.25) is 0 Å². The first-order chi connectivity index (χ1) is 9.15. The maximum Gasteiger partial charge on any atom is 0.349 e. The van der Waals surface area contributed by atoms with Crippen LogP contribution in [0.4, 0.5) is 0 Å². The van der Waals surface area contributed by atoms with Gasteiger partial charge in [0.15, 0.2) is 5.65 Å². The molecule has 6 heteroatoms. The number of rotatable bonds is 6. The number of H-pyrrole nitrogens is 1. The van der Waals surface area contributed by atoms with Crippen LogP contribution in [0.5, 0.6) is 0 Å². The summed E-state index contributed by atoms with van der Waals surface area (Å²) in [5.41, 5.74) is 1.37. The van der Waals surface area contributed by atoms with Crippen molar-refractivity contribution in [2.75, 3.05) is 6.54 Å². The Morgan fingerprint density at radius 1 is 1.47 bits per heavy atom. The van der Waals surface area contributed by atoms with Crippen LogP contribution in [-0.4, -0.2) is 32.2 Å². The molecule has 6 nitrogen and oxygen atoms in total. The molecule has 19 heavy (non-hydrogen) atoms. The van der Waals surface area contributed by atoms with Gasteiger partial charge in [-0.05, 0) is 26.3 Å². The highest BCUT2D eigenvalue weighted by Gasteiger charge is 2.11. The topological polar surface area (TPSA) is 75.1 Å². The molecule has 0 bridgehead atoms. The summed E-state index contributed by atoms with van der Waals surface area (Å²) >= 11 is 0. The average Bonchev–Trinajstić information content (AvgIpc) is 2.76. The normalized spacial score (nSPS) is 13.0. The van der Waals surface area contributed by atoms with Gasteiger partial charge in [0, 0.05) is 24.2 Å². The van der Waals surface area contributed by atoms with Crippen molar-refractivity contribution in [3.8, 4) is 0 Å². The van der Waals surface area contributed by atoms with E-state index in [0.29, 0.717) is 17.5 Å². The second kappa shape index (κ2) is 5.97. The molecule has 0 radical (unpaired) electrons. The zero-order valence-electron chi connectivity index (χ0n) is 11.7. The molecule has 0 fully saturated rings. The maximum absolute atomic E-state index is 11.5. The van der Waals surface area contributed by atoms with E-state index in [9.17, 15) is 4.79 Å². The fraction of sp³-hybridized carbons (Fsp3) is 0.615. The molecule has 0 amide bonds. The van der Waals surface area contributed by atoms with Gasteiger partial charge in [-0.1, -0.05) is 13.8 Å². The number of hydrogen-bond donors (Lipinski definition) is 2. The van der Waals surface area contributed by atoms with Crippen molar-refractivity contribution in [2.24, 2.45) is 0 Å². The van der Waals surface area contributed by atoms with Crippen molar-refractivity contribution in [3.05, 3.63) is 28.1 Å². The predicted molar refractivity (Wildman–Crippen MR) is 74.4 cm³/mol. The van der Waals surface area contributed by atoms with Crippen LogP contribution in [0.1, 0.15) is 38.2 Å². The van der Waals surface area contributed by atoms with Crippen LogP contribution in [0.25, 0.3) is 5.65 Å². The van der Waals surface area contributed by atoms with E-state index in [1.165, 1.54) is 4.40 Å². The SMILES string of the molecule is CCCNC(CC)Cc1cc2n[nH]c(=O)n2c(C)n1. The van der Waals surface area contributed by atoms with Gasteiger partial charge < -0.3 is 5.32 Å². The Kier molecular flexibility index (Phi) is 4.31. The Labute approximate surface area is 112 Å². The lowest BCUT2D eigenvalue weighted by atomic mass is 10.1. The lowest BCUT2D eigenvalue weighted by Crippen LogP contribution is -2.31. The number of aromatic amines is 1. The van der Waals surface area contributed by atoms with Crippen LogP contribution >= 0.6 is 0 Å². The second-order valence-electron chi connectivity index (χ2n) is 4.78. The van der Waals surface area contributed by atoms with Crippen molar-refractivity contribution in [1.82, 2.24) is 24.9 Å². The molecule has 1 unspecified atom stereocenters. The summed E-state index contributed by atoms with van der Waals surface area (Å²) in [6.07, 6.45) is 3.03. The summed E-state index contributed by atoms with van der Waals surface area (Å²) in [4.78, 5) is 16.0. The van der Waals surface area contributed by atoms with Crippen LogP contribution in [0.3, 0.4) is 0 Å². The molecule has 104 valence electrons. The lowest BCUT2D eigenvalue weighted by Gasteiger charge is -2.16. The molecule has 2 aromatic heterocycles. The minimum Gasteiger partial charge on any atom is -0.314 e. The van der Waals surface area contributed by atoms with Crippen LogP contribution in [0.15, 0.2) is 10.9 Å². The smallest absolute Gasteiger partial charge is 0.314 e. The van der Waals surface area contributed by atoms with Gasteiger partial charge >= 0.3 is 5.69 Å². The highest BCUT2D eigenvalue weighted by Crippen LogP contribution is 2.07. The summed E-state index contributed by atoms with van der Waals surface area (Å²) in [5, 5.41) is 9.95. The molecule has 0 spiro atoms. The van der Waals surface area contributed by atoms with E-state index in [1.807, 2.05) is 13.0 Å². The van der Waals surface area contributed by atoms with Crippen molar-refractivity contribution < 1.29 is 0 Å². The first kappa shape index (κ1) is 13.7. The molecule has 2 heterocycles. The number of aromatic nitrogens is 4. The minimum atomic E-state index is -0.234. The summed E-state index contributed by atoms with van der Waals surface area (Å²) in [5.74, 6) is 0.677. The van der Waals surface area contributed by atoms with E-state index in [2.05, 4.69) is 34.3 Å². The summed E-state index contributed by atoms with van der Waals surface area (Å²) in [6.45, 7) is 7.16. The summed E-state index contributed by atoms with van der Waals surface area (Å²) in [7, 11) is 0. The standard InChI is InChI=1S/C13H21N5O/c1-4-6-14-10(5-2)7-11-8-12-16-17-13(19)18(12)9(3)15-11/h8,10,14H,4-7H2,1-3H3,(H,17,19). The van der Waals surface area contributed by atoms with Gasteiger partial charge in [-0.2, -0.15) is 5.10 Å². The van der Waals surface area contributed by atoms with E-state index in [-0.39, 0.29) is 5.69 Å². The third kappa shape index (κ3) is 3.01. The third-order valence-electron chi connectivity index (χ3n) is 3.25. The fourth-order valence-corrected chi connectivity index (χ4v) is 2.22. The fourth-order valence-electron chi connectivity index (χ4n) is 2.22. The van der Waals surface area contributed by atoms with Gasteiger partial charge in [-0.15, -0.1) is 0 Å². The Morgan fingerprint density at radius 2 is 2.26 bits per heavy atom. The highest BCUT2D eigenvalue weighted by atomic mass is 16.1. The molecule has 2 rings (SSSR count). The largest absolute Gasteiger partial charge is 0.349 e. The molecule has 0 aliphatic rings. The average molecular weight is 263 g/mol. The molecule has 1 atom stereocenters. The number of hydrogen-bond acceptors (Lipinski definition) is 4. The number of aryl methyl sites for hydroxylation is 1. The van der Waals surface area contributed by atoms with E-state index in [4.69, 9.17) is 0 Å². The number of fused-ring (bicyclic) bond motifs is 1. The van der Waals surface area contributed by atoms with Crippen LogP contribution in [0, 0.1) is 6.92 Å². The van der Waals surface area contributed by atoms with E-state index >= 15 is 0 Å². The molecular weight excluding hydrogens is 242 g/mol. The zero-order valence-corrected chi connectivity index (χ0v) is 11.7. The molecule has 0 aliphatic heterocycles. The molecule has 2 aromatic rings. The quantitative estimate of drug-likeness (QED) is 0.816. The van der Waals surface area contributed by atoms with Crippen molar-refractivity contribution in [2.45, 2.75) is 46.1 Å². The number of nitrogens with one attached hydrogen (secondary N) is 2. The van der Waals surface area contributed by atoms with Gasteiger partial charge in [-0.25, -0.2) is 19.3 Å². The predicted octanol–water partition coefficient (Wildman–Crippen LogP) is 1.05. The molecule has 0 saturated carbocycles. The minimum absolute atomic E-state index is 0.234. The maximum atomic E-state index is 11.5. The van der Waals surface area contributed by atoms with Crippen molar-refractivity contribution in [1.29, 1.82) is 0 Å². The molecule has 0 saturated heterocycles. The first-order valence-electron chi connectivity index (χ1n) is 6.82.